The zero-order valence-corrected chi connectivity index (χ0v) is 12.4. The van der Waals surface area contributed by atoms with Crippen molar-refractivity contribution in [2.45, 2.75) is 18.9 Å². The van der Waals surface area contributed by atoms with Gasteiger partial charge < -0.3 is 15.3 Å². The molecule has 0 atom stereocenters. The molecule has 2 N–H and O–H groups in total. The van der Waals surface area contributed by atoms with Crippen LogP contribution in [0.25, 0.3) is 0 Å². The summed E-state index contributed by atoms with van der Waals surface area (Å²) in [5.74, 6) is -1.04. The molecule has 0 heterocycles. The van der Waals surface area contributed by atoms with Gasteiger partial charge >= 0.3 is 12.0 Å². The molecule has 2 rings (SSSR count). The van der Waals surface area contributed by atoms with E-state index in [1.54, 1.807) is 23.1 Å². The molecule has 1 saturated carbocycles. The standard InChI is InChI=1S/C14H15BrN2O3/c1-2-7-17(10-4-5-10)14(20)16-9-3-6-12(15)11(8-9)13(18)19/h2-3,6,8,10H,1,4-5,7H2,(H,16,20)(H,18,19). The first kappa shape index (κ1) is 14.6. The number of carboxylic acids is 1. The number of carbonyl (C=O) groups is 2. The van der Waals surface area contributed by atoms with Gasteiger partial charge in [-0.3, -0.25) is 0 Å². The van der Waals surface area contributed by atoms with E-state index in [0.717, 1.165) is 12.8 Å². The summed E-state index contributed by atoms with van der Waals surface area (Å²) in [7, 11) is 0. The first-order chi connectivity index (χ1) is 9.52. The van der Waals surface area contributed by atoms with E-state index in [-0.39, 0.29) is 17.6 Å². The Morgan fingerprint density at radius 3 is 2.75 bits per heavy atom. The molecule has 5 nitrogen and oxygen atoms in total. The summed E-state index contributed by atoms with van der Waals surface area (Å²) >= 11 is 3.17. The van der Waals surface area contributed by atoms with Crippen molar-refractivity contribution in [3.8, 4) is 0 Å². The monoisotopic (exact) mass is 338 g/mol. The van der Waals surface area contributed by atoms with Crippen LogP contribution in [0.1, 0.15) is 23.2 Å². The van der Waals surface area contributed by atoms with Gasteiger partial charge in [0.2, 0.25) is 0 Å². The van der Waals surface area contributed by atoms with Crippen molar-refractivity contribution in [2.24, 2.45) is 0 Å². The minimum absolute atomic E-state index is 0.115. The molecule has 2 amide bonds. The SMILES string of the molecule is C=CCN(C(=O)Nc1ccc(Br)c(C(=O)O)c1)C1CC1. The highest BCUT2D eigenvalue weighted by Gasteiger charge is 2.31. The van der Waals surface area contributed by atoms with E-state index in [1.807, 2.05) is 0 Å². The van der Waals surface area contributed by atoms with Gasteiger partial charge in [-0.05, 0) is 47.0 Å². The van der Waals surface area contributed by atoms with Crippen LogP contribution in [0.15, 0.2) is 35.3 Å². The molecule has 0 spiro atoms. The summed E-state index contributed by atoms with van der Waals surface area (Å²) in [6.07, 6.45) is 3.69. The maximum atomic E-state index is 12.2. The normalized spacial score (nSPS) is 13.7. The highest BCUT2D eigenvalue weighted by molar-refractivity contribution is 9.10. The molecule has 20 heavy (non-hydrogen) atoms. The fourth-order valence-corrected chi connectivity index (χ4v) is 2.30. The Bertz CT molecular complexity index is 555. The zero-order valence-electron chi connectivity index (χ0n) is 10.8. The second-order valence-corrected chi connectivity index (χ2v) is 5.46. The predicted molar refractivity (Wildman–Crippen MR) is 80.0 cm³/mol. The fourth-order valence-electron chi connectivity index (χ4n) is 1.89. The van der Waals surface area contributed by atoms with Gasteiger partial charge in [0.05, 0.1) is 5.56 Å². The number of halogens is 1. The van der Waals surface area contributed by atoms with Gasteiger partial charge in [0.15, 0.2) is 0 Å². The molecule has 0 aromatic heterocycles. The highest BCUT2D eigenvalue weighted by atomic mass is 79.9. The molecule has 1 aromatic rings. The first-order valence-corrected chi connectivity index (χ1v) is 7.03. The molecular formula is C14H15BrN2O3. The number of benzene rings is 1. The van der Waals surface area contributed by atoms with Gasteiger partial charge in [-0.1, -0.05) is 6.08 Å². The largest absolute Gasteiger partial charge is 0.478 e. The van der Waals surface area contributed by atoms with Crippen molar-refractivity contribution in [2.75, 3.05) is 11.9 Å². The highest BCUT2D eigenvalue weighted by Crippen LogP contribution is 2.28. The molecule has 1 aromatic carbocycles. The molecule has 0 bridgehead atoms. The predicted octanol–water partition coefficient (Wildman–Crippen LogP) is 3.33. The molecule has 1 aliphatic rings. The number of carbonyl (C=O) groups excluding carboxylic acids is 1. The number of rotatable bonds is 5. The molecule has 0 radical (unpaired) electrons. The van der Waals surface area contributed by atoms with Crippen LogP contribution < -0.4 is 5.32 Å². The van der Waals surface area contributed by atoms with Crippen LogP contribution in [0.3, 0.4) is 0 Å². The lowest BCUT2D eigenvalue weighted by Gasteiger charge is -2.21. The molecule has 0 aliphatic heterocycles. The van der Waals surface area contributed by atoms with Crippen molar-refractivity contribution >= 4 is 33.6 Å². The van der Waals surface area contributed by atoms with Crippen molar-refractivity contribution in [3.05, 3.63) is 40.9 Å². The number of aromatic carboxylic acids is 1. The van der Waals surface area contributed by atoms with E-state index >= 15 is 0 Å². The van der Waals surface area contributed by atoms with E-state index in [4.69, 9.17) is 5.11 Å². The summed E-state index contributed by atoms with van der Waals surface area (Å²) in [6, 6.07) is 4.73. The second kappa shape index (κ2) is 6.09. The van der Waals surface area contributed by atoms with E-state index in [2.05, 4.69) is 27.8 Å². The molecule has 6 heteroatoms. The lowest BCUT2D eigenvalue weighted by Crippen LogP contribution is -2.36. The molecule has 106 valence electrons. The Morgan fingerprint density at radius 2 is 2.20 bits per heavy atom. The molecule has 1 aliphatic carbocycles. The van der Waals surface area contributed by atoms with Gasteiger partial charge in [-0.2, -0.15) is 0 Å². The summed E-state index contributed by atoms with van der Waals surface area (Å²) < 4.78 is 0.480. The fraction of sp³-hybridized carbons (Fsp3) is 0.286. The van der Waals surface area contributed by atoms with Crippen molar-refractivity contribution in [1.82, 2.24) is 4.90 Å². The Hall–Kier alpha value is -1.82. The lowest BCUT2D eigenvalue weighted by atomic mass is 10.2. The van der Waals surface area contributed by atoms with Crippen LogP contribution in [-0.2, 0) is 0 Å². The Kier molecular flexibility index (Phi) is 4.44. The van der Waals surface area contributed by atoms with E-state index in [1.165, 1.54) is 6.07 Å². The van der Waals surface area contributed by atoms with E-state index in [0.29, 0.717) is 16.7 Å². The average Bonchev–Trinajstić information content (AvgIpc) is 3.22. The minimum Gasteiger partial charge on any atom is -0.478 e. The third kappa shape index (κ3) is 3.39. The molecule has 0 unspecified atom stereocenters. The Labute approximate surface area is 125 Å². The van der Waals surface area contributed by atoms with Crippen LogP contribution in [0.4, 0.5) is 10.5 Å². The number of amides is 2. The number of nitrogens with zero attached hydrogens (tertiary/aromatic N) is 1. The van der Waals surface area contributed by atoms with Crippen LogP contribution in [-0.4, -0.2) is 34.6 Å². The van der Waals surface area contributed by atoms with Gasteiger partial charge in [0.25, 0.3) is 0 Å². The summed E-state index contributed by atoms with van der Waals surface area (Å²) in [6.45, 7) is 4.13. The summed E-state index contributed by atoms with van der Waals surface area (Å²) in [5.41, 5.74) is 0.579. The topological polar surface area (TPSA) is 69.6 Å². The lowest BCUT2D eigenvalue weighted by molar-refractivity contribution is 0.0696. The van der Waals surface area contributed by atoms with Crippen LogP contribution in [0, 0.1) is 0 Å². The van der Waals surface area contributed by atoms with E-state index in [9.17, 15) is 9.59 Å². The maximum absolute atomic E-state index is 12.2. The van der Waals surface area contributed by atoms with Crippen molar-refractivity contribution < 1.29 is 14.7 Å². The number of hydrogen-bond donors (Lipinski definition) is 2. The average molecular weight is 339 g/mol. The van der Waals surface area contributed by atoms with Crippen LogP contribution in [0.5, 0.6) is 0 Å². The minimum atomic E-state index is -1.04. The van der Waals surface area contributed by atoms with Crippen molar-refractivity contribution in [1.29, 1.82) is 0 Å². The zero-order chi connectivity index (χ0) is 14.7. The quantitative estimate of drug-likeness (QED) is 0.809. The first-order valence-electron chi connectivity index (χ1n) is 6.24. The second-order valence-electron chi connectivity index (χ2n) is 4.60. The van der Waals surface area contributed by atoms with Gasteiger partial charge in [-0.15, -0.1) is 6.58 Å². The van der Waals surface area contributed by atoms with E-state index < -0.39 is 5.97 Å². The number of carboxylic acid groups (broad SMARTS) is 1. The number of hydrogen-bond acceptors (Lipinski definition) is 2. The maximum Gasteiger partial charge on any atom is 0.336 e. The van der Waals surface area contributed by atoms with Gasteiger partial charge in [0.1, 0.15) is 0 Å². The van der Waals surface area contributed by atoms with Gasteiger partial charge in [0, 0.05) is 22.7 Å². The van der Waals surface area contributed by atoms with Crippen LogP contribution >= 0.6 is 15.9 Å². The summed E-state index contributed by atoms with van der Waals surface area (Å²) in [4.78, 5) is 24.9. The molecule has 1 fully saturated rings. The Balaban J connectivity index is 2.12. The third-order valence-electron chi connectivity index (χ3n) is 3.02. The smallest absolute Gasteiger partial charge is 0.336 e. The number of nitrogens with one attached hydrogen (secondary N) is 1. The van der Waals surface area contributed by atoms with Crippen LogP contribution in [0.2, 0.25) is 0 Å². The molecular weight excluding hydrogens is 324 g/mol. The molecule has 0 saturated heterocycles. The van der Waals surface area contributed by atoms with Crippen molar-refractivity contribution in [3.63, 3.8) is 0 Å². The third-order valence-corrected chi connectivity index (χ3v) is 3.71. The number of urea groups is 1. The Morgan fingerprint density at radius 1 is 1.50 bits per heavy atom. The van der Waals surface area contributed by atoms with Gasteiger partial charge in [-0.25, -0.2) is 9.59 Å². The number of anilines is 1. The summed E-state index contributed by atoms with van der Waals surface area (Å²) in [5, 5.41) is 11.8.